The Bertz CT molecular complexity index is 1110. The van der Waals surface area contributed by atoms with Crippen LogP contribution in [0.3, 0.4) is 0 Å². The highest BCUT2D eigenvalue weighted by Gasteiger charge is 2.09. The van der Waals surface area contributed by atoms with Gasteiger partial charge < -0.3 is 9.30 Å². The van der Waals surface area contributed by atoms with Crippen LogP contribution in [0.5, 0.6) is 5.75 Å². The summed E-state index contributed by atoms with van der Waals surface area (Å²) in [6, 6.07) is 24.9. The van der Waals surface area contributed by atoms with Crippen LogP contribution in [0.4, 0.5) is 0 Å². The number of nitrogens with zero attached hydrogens (tertiary/aromatic N) is 2. The van der Waals surface area contributed by atoms with Crippen molar-refractivity contribution in [3.8, 4) is 5.75 Å². The van der Waals surface area contributed by atoms with Gasteiger partial charge in [0, 0.05) is 6.54 Å². The molecule has 1 aromatic heterocycles. The lowest BCUT2D eigenvalue weighted by molar-refractivity contribution is 0.298. The molecule has 3 nitrogen and oxygen atoms in total. The normalized spacial score (nSPS) is 11.4. The predicted molar refractivity (Wildman–Crippen MR) is 121 cm³/mol. The molecule has 1 heterocycles. The Morgan fingerprint density at radius 3 is 2.34 bits per heavy atom. The van der Waals surface area contributed by atoms with Gasteiger partial charge in [-0.3, -0.25) is 0 Å². The first kappa shape index (κ1) is 19.0. The van der Waals surface area contributed by atoms with Crippen LogP contribution in [0.1, 0.15) is 28.9 Å². The van der Waals surface area contributed by atoms with Gasteiger partial charge in [-0.15, -0.1) is 0 Å². The molecule has 0 saturated carbocycles. The standard InChI is InChI=1S/C26H26N2O/c1-20-10-8-11-21(2)26(20)29-19-9-18-28-24-15-7-6-14-23(24)27-25(28)17-16-22-12-4-3-5-13-22/h3-8,10-17H,9,18-19H2,1-2H3/b17-16+. The predicted octanol–water partition coefficient (Wildman–Crippen LogP) is 6.29. The SMILES string of the molecule is Cc1cccc(C)c1OCCCn1c(/C=C/c2ccccc2)nc2ccccc21. The molecule has 0 saturated heterocycles. The zero-order chi connectivity index (χ0) is 20.1. The molecule has 0 bridgehead atoms. The van der Waals surface area contributed by atoms with Gasteiger partial charge in [0.15, 0.2) is 0 Å². The third kappa shape index (κ3) is 4.40. The number of para-hydroxylation sites is 3. The summed E-state index contributed by atoms with van der Waals surface area (Å²) < 4.78 is 8.38. The van der Waals surface area contributed by atoms with Crippen LogP contribution in [-0.2, 0) is 6.54 Å². The van der Waals surface area contributed by atoms with E-state index in [-0.39, 0.29) is 0 Å². The fraction of sp³-hybridized carbons (Fsp3) is 0.192. The lowest BCUT2D eigenvalue weighted by Crippen LogP contribution is -2.07. The Labute approximate surface area is 172 Å². The summed E-state index contributed by atoms with van der Waals surface area (Å²) in [6.45, 7) is 5.73. The Morgan fingerprint density at radius 1 is 0.828 bits per heavy atom. The highest BCUT2D eigenvalue weighted by molar-refractivity contribution is 5.79. The van der Waals surface area contributed by atoms with Crippen molar-refractivity contribution in [3.05, 3.63) is 95.3 Å². The summed E-state index contributed by atoms with van der Waals surface area (Å²) in [5, 5.41) is 0. The van der Waals surface area contributed by atoms with Gasteiger partial charge in [0.25, 0.3) is 0 Å². The van der Waals surface area contributed by atoms with Gasteiger partial charge in [0.1, 0.15) is 11.6 Å². The summed E-state index contributed by atoms with van der Waals surface area (Å²) in [4.78, 5) is 4.83. The van der Waals surface area contributed by atoms with Crippen LogP contribution in [0.2, 0.25) is 0 Å². The first-order valence-electron chi connectivity index (χ1n) is 10.1. The molecule has 0 amide bonds. The van der Waals surface area contributed by atoms with Gasteiger partial charge in [-0.05, 0) is 55.2 Å². The first-order chi connectivity index (χ1) is 14.2. The summed E-state index contributed by atoms with van der Waals surface area (Å²) in [7, 11) is 0. The van der Waals surface area contributed by atoms with Crippen LogP contribution in [0.25, 0.3) is 23.2 Å². The molecule has 4 rings (SSSR count). The number of hydrogen-bond donors (Lipinski definition) is 0. The quantitative estimate of drug-likeness (QED) is 0.351. The maximum atomic E-state index is 6.10. The van der Waals surface area contributed by atoms with Crippen molar-refractivity contribution in [1.82, 2.24) is 9.55 Å². The third-order valence-electron chi connectivity index (χ3n) is 5.09. The van der Waals surface area contributed by atoms with Crippen molar-refractivity contribution in [2.75, 3.05) is 6.61 Å². The lowest BCUT2D eigenvalue weighted by Gasteiger charge is -2.13. The molecule has 29 heavy (non-hydrogen) atoms. The summed E-state index contributed by atoms with van der Waals surface area (Å²) in [5.74, 6) is 1.98. The average Bonchev–Trinajstić information content (AvgIpc) is 3.10. The van der Waals surface area contributed by atoms with Gasteiger partial charge >= 0.3 is 0 Å². The van der Waals surface area contributed by atoms with E-state index in [0.29, 0.717) is 6.61 Å². The minimum Gasteiger partial charge on any atom is -0.493 e. The van der Waals surface area contributed by atoms with Crippen LogP contribution in [0.15, 0.2) is 72.8 Å². The van der Waals surface area contributed by atoms with Crippen molar-refractivity contribution in [3.63, 3.8) is 0 Å². The number of aromatic nitrogens is 2. The van der Waals surface area contributed by atoms with Crippen molar-refractivity contribution in [2.24, 2.45) is 0 Å². The molecule has 0 aliphatic rings. The summed E-state index contributed by atoms with van der Waals surface area (Å²) in [6.07, 6.45) is 5.13. The van der Waals surface area contributed by atoms with Crippen molar-refractivity contribution >= 4 is 23.2 Å². The smallest absolute Gasteiger partial charge is 0.133 e. The van der Waals surface area contributed by atoms with Crippen molar-refractivity contribution < 1.29 is 4.74 Å². The van der Waals surface area contributed by atoms with Crippen LogP contribution in [0, 0.1) is 13.8 Å². The van der Waals surface area contributed by atoms with Gasteiger partial charge in [-0.25, -0.2) is 4.98 Å². The molecule has 0 N–H and O–H groups in total. The topological polar surface area (TPSA) is 27.1 Å². The van der Waals surface area contributed by atoms with Crippen molar-refractivity contribution in [2.45, 2.75) is 26.8 Å². The Morgan fingerprint density at radius 2 is 1.55 bits per heavy atom. The maximum Gasteiger partial charge on any atom is 0.133 e. The monoisotopic (exact) mass is 382 g/mol. The van der Waals surface area contributed by atoms with Crippen molar-refractivity contribution in [1.29, 1.82) is 0 Å². The molecule has 0 aliphatic heterocycles. The molecule has 4 aromatic rings. The largest absolute Gasteiger partial charge is 0.493 e. The second-order valence-corrected chi connectivity index (χ2v) is 7.28. The molecule has 0 spiro atoms. The number of hydrogen-bond acceptors (Lipinski definition) is 2. The van der Waals surface area contributed by atoms with E-state index >= 15 is 0 Å². The van der Waals surface area contributed by atoms with Gasteiger partial charge in [0.2, 0.25) is 0 Å². The number of rotatable bonds is 7. The Balaban J connectivity index is 1.51. The Kier molecular flexibility index (Phi) is 5.76. The van der Waals surface area contributed by atoms with E-state index in [2.05, 4.69) is 79.1 Å². The van der Waals surface area contributed by atoms with E-state index in [1.165, 1.54) is 16.7 Å². The van der Waals surface area contributed by atoms with E-state index in [9.17, 15) is 0 Å². The molecule has 3 heteroatoms. The molecule has 0 radical (unpaired) electrons. The fourth-order valence-corrected chi connectivity index (χ4v) is 3.62. The van der Waals surface area contributed by atoms with Gasteiger partial charge in [-0.2, -0.15) is 0 Å². The van der Waals surface area contributed by atoms with Crippen LogP contribution in [-0.4, -0.2) is 16.2 Å². The third-order valence-corrected chi connectivity index (χ3v) is 5.09. The lowest BCUT2D eigenvalue weighted by atomic mass is 10.1. The Hall–Kier alpha value is -3.33. The van der Waals surface area contributed by atoms with Gasteiger partial charge in [0.05, 0.1) is 17.6 Å². The highest BCUT2D eigenvalue weighted by atomic mass is 16.5. The minimum absolute atomic E-state index is 0.681. The molecule has 0 fully saturated rings. The van der Waals surface area contributed by atoms with E-state index in [4.69, 9.17) is 9.72 Å². The maximum absolute atomic E-state index is 6.10. The minimum atomic E-state index is 0.681. The molecule has 0 unspecified atom stereocenters. The zero-order valence-electron chi connectivity index (χ0n) is 17.0. The molecular weight excluding hydrogens is 356 g/mol. The van der Waals surface area contributed by atoms with E-state index in [1.54, 1.807) is 0 Å². The number of ether oxygens (including phenoxy) is 1. The van der Waals surface area contributed by atoms with Gasteiger partial charge in [-0.1, -0.05) is 66.7 Å². The average molecular weight is 383 g/mol. The zero-order valence-corrected chi connectivity index (χ0v) is 17.0. The molecule has 0 aliphatic carbocycles. The molecule has 0 atom stereocenters. The molecule has 3 aromatic carbocycles. The number of aryl methyl sites for hydroxylation is 3. The summed E-state index contributed by atoms with van der Waals surface area (Å²) in [5.41, 5.74) is 5.72. The number of imidazole rings is 1. The van der Waals surface area contributed by atoms with E-state index in [1.807, 2.05) is 24.3 Å². The second kappa shape index (κ2) is 8.78. The fourth-order valence-electron chi connectivity index (χ4n) is 3.62. The van der Waals surface area contributed by atoms with Crippen LogP contribution < -0.4 is 4.74 Å². The second-order valence-electron chi connectivity index (χ2n) is 7.28. The highest BCUT2D eigenvalue weighted by Crippen LogP contribution is 2.23. The number of fused-ring (bicyclic) bond motifs is 1. The number of benzene rings is 3. The van der Waals surface area contributed by atoms with Crippen LogP contribution >= 0.6 is 0 Å². The summed E-state index contributed by atoms with van der Waals surface area (Å²) >= 11 is 0. The van der Waals surface area contributed by atoms with E-state index < -0.39 is 0 Å². The van der Waals surface area contributed by atoms with E-state index in [0.717, 1.165) is 35.6 Å². The molecular formula is C26H26N2O. The first-order valence-corrected chi connectivity index (χ1v) is 10.1. The molecule has 146 valence electrons.